The molecular formula is C16H13NO4. The monoisotopic (exact) mass is 283 g/mol. The van der Waals surface area contributed by atoms with Crippen LogP contribution in [-0.2, 0) is 9.59 Å². The molecule has 106 valence electrons. The number of rotatable bonds is 1. The second kappa shape index (κ2) is 6.38. The molecule has 3 rings (SSSR count). The number of amides is 2. The lowest BCUT2D eigenvalue weighted by molar-refractivity contribution is -0.119. The van der Waals surface area contributed by atoms with Gasteiger partial charge in [0, 0.05) is 12.2 Å². The van der Waals surface area contributed by atoms with Gasteiger partial charge in [-0.05, 0) is 36.4 Å². The van der Waals surface area contributed by atoms with Gasteiger partial charge in [-0.15, -0.1) is 0 Å². The van der Waals surface area contributed by atoms with E-state index < -0.39 is 0 Å². The van der Waals surface area contributed by atoms with Gasteiger partial charge < -0.3 is 10.2 Å². The first kappa shape index (κ1) is 14.3. The van der Waals surface area contributed by atoms with Crippen molar-refractivity contribution in [1.29, 1.82) is 0 Å². The summed E-state index contributed by atoms with van der Waals surface area (Å²) < 4.78 is 0. The number of aromatic hydroxyl groups is 2. The van der Waals surface area contributed by atoms with Gasteiger partial charge in [-0.25, -0.2) is 4.90 Å². The zero-order valence-corrected chi connectivity index (χ0v) is 11.0. The van der Waals surface area contributed by atoms with E-state index in [9.17, 15) is 9.59 Å². The first-order valence-electron chi connectivity index (χ1n) is 6.17. The van der Waals surface area contributed by atoms with E-state index in [1.807, 2.05) is 6.07 Å². The molecule has 0 aromatic heterocycles. The van der Waals surface area contributed by atoms with Gasteiger partial charge in [0.25, 0.3) is 11.8 Å². The maximum absolute atomic E-state index is 11.2. The third-order valence-electron chi connectivity index (χ3n) is 2.67. The molecule has 0 bridgehead atoms. The molecule has 1 aliphatic heterocycles. The second-order valence-corrected chi connectivity index (χ2v) is 4.20. The van der Waals surface area contributed by atoms with Crippen molar-refractivity contribution >= 4 is 17.5 Å². The Morgan fingerprint density at radius 1 is 0.667 bits per heavy atom. The highest BCUT2D eigenvalue weighted by molar-refractivity contribution is 6.28. The summed E-state index contributed by atoms with van der Waals surface area (Å²) in [5.74, 6) is -0.301. The third kappa shape index (κ3) is 3.70. The molecule has 0 saturated heterocycles. The fourth-order valence-corrected chi connectivity index (χ4v) is 1.68. The molecule has 2 N–H and O–H groups in total. The minimum absolute atomic E-state index is 0.0980. The Bertz CT molecular complexity index is 644. The summed E-state index contributed by atoms with van der Waals surface area (Å²) in [7, 11) is 0. The zero-order valence-electron chi connectivity index (χ0n) is 11.0. The summed E-state index contributed by atoms with van der Waals surface area (Å²) in [6.07, 6.45) is 2.43. The topological polar surface area (TPSA) is 77.8 Å². The smallest absolute Gasteiger partial charge is 0.258 e. The Balaban J connectivity index is 0.000000194. The van der Waals surface area contributed by atoms with Crippen molar-refractivity contribution in [2.24, 2.45) is 0 Å². The molecule has 0 unspecified atom stereocenters. The normalized spacial score (nSPS) is 13.0. The minimum Gasteiger partial charge on any atom is -0.508 e. The van der Waals surface area contributed by atoms with Crippen LogP contribution in [0.25, 0.3) is 0 Å². The number of carbonyl (C=O) groups is 2. The number of nitrogens with zero attached hydrogens (tertiary/aromatic N) is 1. The van der Waals surface area contributed by atoms with Crippen LogP contribution in [0.3, 0.4) is 0 Å². The lowest BCUT2D eigenvalue weighted by Crippen LogP contribution is -2.29. The van der Waals surface area contributed by atoms with Crippen LogP contribution in [-0.4, -0.2) is 22.0 Å². The SMILES string of the molecule is O=C1C=CC(=O)N1c1ccc(O)cc1.Oc1ccccc1. The molecule has 0 radical (unpaired) electrons. The summed E-state index contributed by atoms with van der Waals surface area (Å²) in [5.41, 5.74) is 0.461. The van der Waals surface area contributed by atoms with Gasteiger partial charge in [0.05, 0.1) is 5.69 Å². The molecule has 2 aromatic carbocycles. The molecule has 0 fully saturated rings. The summed E-state index contributed by atoms with van der Waals surface area (Å²) >= 11 is 0. The second-order valence-electron chi connectivity index (χ2n) is 4.20. The molecule has 2 amide bonds. The number of para-hydroxylation sites is 1. The lowest BCUT2D eigenvalue weighted by atomic mass is 10.3. The van der Waals surface area contributed by atoms with Crippen LogP contribution in [0.5, 0.6) is 11.5 Å². The summed E-state index contributed by atoms with van der Waals surface area (Å²) in [5, 5.41) is 17.7. The zero-order chi connectivity index (χ0) is 15.2. The molecule has 5 heteroatoms. The van der Waals surface area contributed by atoms with Crippen molar-refractivity contribution in [3.8, 4) is 11.5 Å². The lowest BCUT2D eigenvalue weighted by Gasteiger charge is -2.13. The van der Waals surface area contributed by atoms with Gasteiger partial charge >= 0.3 is 0 Å². The number of imide groups is 1. The average Bonchev–Trinajstić information content (AvgIpc) is 2.81. The van der Waals surface area contributed by atoms with Crippen molar-refractivity contribution in [3.63, 3.8) is 0 Å². The number of carbonyl (C=O) groups excluding carboxylic acids is 2. The Morgan fingerprint density at radius 2 is 1.14 bits per heavy atom. The van der Waals surface area contributed by atoms with E-state index in [0.29, 0.717) is 11.4 Å². The van der Waals surface area contributed by atoms with Gasteiger partial charge in [0.15, 0.2) is 0 Å². The molecular weight excluding hydrogens is 270 g/mol. The van der Waals surface area contributed by atoms with E-state index in [2.05, 4.69) is 0 Å². The van der Waals surface area contributed by atoms with Crippen LogP contribution < -0.4 is 4.90 Å². The highest BCUT2D eigenvalue weighted by Gasteiger charge is 2.24. The number of phenols is 2. The van der Waals surface area contributed by atoms with Crippen molar-refractivity contribution < 1.29 is 19.8 Å². The predicted molar refractivity (Wildman–Crippen MR) is 77.8 cm³/mol. The Morgan fingerprint density at radius 3 is 1.57 bits per heavy atom. The maximum Gasteiger partial charge on any atom is 0.258 e. The molecule has 1 aliphatic rings. The number of phenolic OH excluding ortho intramolecular Hbond substituents is 2. The van der Waals surface area contributed by atoms with Crippen molar-refractivity contribution in [2.45, 2.75) is 0 Å². The number of benzene rings is 2. The van der Waals surface area contributed by atoms with Gasteiger partial charge in [-0.3, -0.25) is 9.59 Å². The van der Waals surface area contributed by atoms with E-state index >= 15 is 0 Å². The first-order chi connectivity index (χ1) is 10.1. The number of anilines is 1. The van der Waals surface area contributed by atoms with Gasteiger partial charge in [0.2, 0.25) is 0 Å². The van der Waals surface area contributed by atoms with Crippen molar-refractivity contribution in [3.05, 3.63) is 66.7 Å². The van der Waals surface area contributed by atoms with E-state index in [0.717, 1.165) is 4.90 Å². The summed E-state index contributed by atoms with van der Waals surface area (Å²) in [4.78, 5) is 23.5. The van der Waals surface area contributed by atoms with Gasteiger partial charge in [-0.2, -0.15) is 0 Å². The highest BCUT2D eigenvalue weighted by Crippen LogP contribution is 2.21. The Kier molecular flexibility index (Phi) is 4.36. The maximum atomic E-state index is 11.2. The fourth-order valence-electron chi connectivity index (χ4n) is 1.68. The Hall–Kier alpha value is -3.08. The molecule has 1 heterocycles. The van der Waals surface area contributed by atoms with E-state index in [1.54, 1.807) is 24.3 Å². The third-order valence-corrected chi connectivity index (χ3v) is 2.67. The van der Waals surface area contributed by atoms with Crippen LogP contribution in [0, 0.1) is 0 Å². The van der Waals surface area contributed by atoms with Crippen LogP contribution in [0.15, 0.2) is 66.7 Å². The fraction of sp³-hybridized carbons (Fsp3) is 0. The minimum atomic E-state index is -0.360. The molecule has 0 atom stereocenters. The van der Waals surface area contributed by atoms with Gasteiger partial charge in [0.1, 0.15) is 11.5 Å². The Labute approximate surface area is 121 Å². The summed E-state index contributed by atoms with van der Waals surface area (Å²) in [6.45, 7) is 0. The average molecular weight is 283 g/mol. The van der Waals surface area contributed by atoms with Crippen molar-refractivity contribution in [1.82, 2.24) is 0 Å². The summed E-state index contributed by atoms with van der Waals surface area (Å²) in [6, 6.07) is 14.6. The molecule has 21 heavy (non-hydrogen) atoms. The number of hydrogen-bond donors (Lipinski definition) is 2. The molecule has 0 aliphatic carbocycles. The number of hydrogen-bond acceptors (Lipinski definition) is 4. The van der Waals surface area contributed by atoms with Crippen LogP contribution in [0.2, 0.25) is 0 Å². The van der Waals surface area contributed by atoms with Crippen molar-refractivity contribution in [2.75, 3.05) is 4.90 Å². The van der Waals surface area contributed by atoms with Gasteiger partial charge in [-0.1, -0.05) is 18.2 Å². The first-order valence-corrected chi connectivity index (χ1v) is 6.17. The van der Waals surface area contributed by atoms with E-state index in [4.69, 9.17) is 10.2 Å². The van der Waals surface area contributed by atoms with Crippen LogP contribution >= 0.6 is 0 Å². The van der Waals surface area contributed by atoms with E-state index in [1.165, 1.54) is 36.4 Å². The standard InChI is InChI=1S/C10H7NO3.C6H6O/c12-8-3-1-7(2-4-8)11-9(13)5-6-10(11)14;7-6-4-2-1-3-5-6/h1-6,12H;1-5,7H. The van der Waals surface area contributed by atoms with Crippen LogP contribution in [0.1, 0.15) is 0 Å². The molecule has 2 aromatic rings. The highest BCUT2D eigenvalue weighted by atomic mass is 16.3. The van der Waals surface area contributed by atoms with Crippen LogP contribution in [0.4, 0.5) is 5.69 Å². The molecule has 5 nitrogen and oxygen atoms in total. The molecule has 0 spiro atoms. The van der Waals surface area contributed by atoms with E-state index in [-0.39, 0.29) is 17.6 Å². The largest absolute Gasteiger partial charge is 0.508 e. The molecule has 0 saturated carbocycles. The quantitative estimate of drug-likeness (QED) is 0.787. The predicted octanol–water partition coefficient (Wildman–Crippen LogP) is 2.21.